The molecule has 19 heavy (non-hydrogen) atoms. The van der Waals surface area contributed by atoms with E-state index in [4.69, 9.17) is 10.5 Å². The topological polar surface area (TPSA) is 58.8 Å². The number of methoxy groups -OCH3 is 1. The number of ether oxygens (including phenoxy) is 1. The highest BCUT2D eigenvalue weighted by Gasteiger charge is 2.45. The van der Waals surface area contributed by atoms with Crippen LogP contribution in [0.4, 0.5) is 0 Å². The smallest absolute Gasteiger partial charge is 0.325 e. The van der Waals surface area contributed by atoms with Gasteiger partial charge in [0.25, 0.3) is 0 Å². The van der Waals surface area contributed by atoms with Crippen molar-refractivity contribution in [2.45, 2.75) is 50.2 Å². The molecule has 1 aliphatic heterocycles. The molecule has 0 radical (unpaired) electrons. The van der Waals surface area contributed by atoms with Crippen LogP contribution in [0.25, 0.3) is 0 Å². The van der Waals surface area contributed by atoms with Crippen molar-refractivity contribution < 1.29 is 9.53 Å². The zero-order valence-electron chi connectivity index (χ0n) is 12.4. The van der Waals surface area contributed by atoms with Crippen LogP contribution in [0, 0.1) is 0 Å². The first-order valence-corrected chi connectivity index (χ1v) is 7.31. The van der Waals surface area contributed by atoms with Crippen molar-refractivity contribution in [3.8, 4) is 0 Å². The van der Waals surface area contributed by atoms with E-state index in [1.165, 1.54) is 13.5 Å². The first kappa shape index (κ1) is 14.8. The Morgan fingerprint density at radius 2 is 2.21 bits per heavy atom. The summed E-state index contributed by atoms with van der Waals surface area (Å²) in [6, 6.07) is 1.06. The summed E-state index contributed by atoms with van der Waals surface area (Å²) in [6.45, 7) is 5.51. The van der Waals surface area contributed by atoms with Crippen LogP contribution < -0.4 is 5.73 Å². The average molecular weight is 269 g/mol. The summed E-state index contributed by atoms with van der Waals surface area (Å²) in [5.74, 6) is -0.254. The number of esters is 1. The maximum absolute atomic E-state index is 11.8. The second-order valence-electron chi connectivity index (χ2n) is 6.08. The van der Waals surface area contributed by atoms with Crippen molar-refractivity contribution in [2.75, 3.05) is 33.8 Å². The molecule has 5 nitrogen and oxygen atoms in total. The van der Waals surface area contributed by atoms with Gasteiger partial charge in [0.15, 0.2) is 0 Å². The van der Waals surface area contributed by atoms with Gasteiger partial charge in [0, 0.05) is 31.7 Å². The third-order valence-electron chi connectivity index (χ3n) is 4.91. The molecule has 1 saturated heterocycles. The Kier molecular flexibility index (Phi) is 4.48. The Hall–Kier alpha value is -0.650. The first-order valence-electron chi connectivity index (χ1n) is 7.31. The molecule has 1 heterocycles. The number of carbonyl (C=O) groups is 1. The van der Waals surface area contributed by atoms with Gasteiger partial charge in [0.05, 0.1) is 7.11 Å². The number of likely N-dealkylation sites (N-methyl/N-ethyl adjacent to an activating group) is 1. The van der Waals surface area contributed by atoms with Crippen LogP contribution in [0.3, 0.4) is 0 Å². The van der Waals surface area contributed by atoms with Gasteiger partial charge in [0.2, 0.25) is 0 Å². The van der Waals surface area contributed by atoms with Crippen molar-refractivity contribution in [3.05, 3.63) is 0 Å². The highest BCUT2D eigenvalue weighted by Crippen LogP contribution is 2.33. The van der Waals surface area contributed by atoms with Gasteiger partial charge in [-0.3, -0.25) is 9.69 Å². The molecular weight excluding hydrogens is 242 g/mol. The zero-order valence-corrected chi connectivity index (χ0v) is 12.4. The normalized spacial score (nSPS) is 37.5. The van der Waals surface area contributed by atoms with Gasteiger partial charge >= 0.3 is 5.97 Å². The lowest BCUT2D eigenvalue weighted by molar-refractivity contribution is -0.147. The molecule has 2 rings (SSSR count). The van der Waals surface area contributed by atoms with E-state index < -0.39 is 5.54 Å². The molecule has 0 spiro atoms. The second kappa shape index (κ2) is 5.77. The Labute approximate surface area is 116 Å². The van der Waals surface area contributed by atoms with Gasteiger partial charge in [-0.1, -0.05) is 6.92 Å². The number of carbonyl (C=O) groups excluding carboxylic acids is 1. The summed E-state index contributed by atoms with van der Waals surface area (Å²) in [5, 5.41) is 0. The molecule has 0 bridgehead atoms. The average Bonchev–Trinajstić information content (AvgIpc) is 2.82. The van der Waals surface area contributed by atoms with E-state index in [-0.39, 0.29) is 5.97 Å². The maximum Gasteiger partial charge on any atom is 0.325 e. The molecule has 0 aromatic rings. The van der Waals surface area contributed by atoms with Crippen LogP contribution >= 0.6 is 0 Å². The van der Waals surface area contributed by atoms with Crippen LogP contribution in [-0.4, -0.2) is 67.2 Å². The van der Waals surface area contributed by atoms with E-state index >= 15 is 0 Å². The summed E-state index contributed by atoms with van der Waals surface area (Å²) in [5.41, 5.74) is 5.43. The molecule has 3 unspecified atom stereocenters. The van der Waals surface area contributed by atoms with E-state index in [0.29, 0.717) is 12.1 Å². The summed E-state index contributed by atoms with van der Waals surface area (Å²) in [6.07, 6.45) is 3.66. The largest absolute Gasteiger partial charge is 0.468 e. The Morgan fingerprint density at radius 1 is 1.47 bits per heavy atom. The first-order chi connectivity index (χ1) is 9.00. The predicted octanol–water partition coefficient (Wildman–Crippen LogP) is 0.435. The minimum Gasteiger partial charge on any atom is -0.468 e. The lowest BCUT2D eigenvalue weighted by Gasteiger charge is -2.42. The molecule has 2 fully saturated rings. The van der Waals surface area contributed by atoms with Crippen LogP contribution in [0.1, 0.15) is 32.6 Å². The number of rotatable bonds is 3. The fourth-order valence-electron chi connectivity index (χ4n) is 3.49. The Balaban J connectivity index is 1.96. The van der Waals surface area contributed by atoms with Gasteiger partial charge in [-0.15, -0.1) is 0 Å². The molecule has 0 aromatic carbocycles. The van der Waals surface area contributed by atoms with Gasteiger partial charge in [0.1, 0.15) is 5.54 Å². The predicted molar refractivity (Wildman–Crippen MR) is 74.9 cm³/mol. The fourth-order valence-corrected chi connectivity index (χ4v) is 3.49. The standard InChI is InChI=1S/C14H27N3O2/c1-4-11-10-17(8-7-16(11)2)12-5-6-14(15,9-12)13(18)19-3/h11-12H,4-10,15H2,1-3H3. The van der Waals surface area contributed by atoms with E-state index in [1.807, 2.05) is 0 Å². The van der Waals surface area contributed by atoms with Crippen LogP contribution in [0.5, 0.6) is 0 Å². The van der Waals surface area contributed by atoms with E-state index in [0.717, 1.165) is 38.9 Å². The highest BCUT2D eigenvalue weighted by atomic mass is 16.5. The number of nitrogens with two attached hydrogens (primary N) is 1. The van der Waals surface area contributed by atoms with Crippen molar-refractivity contribution >= 4 is 5.97 Å². The Bertz CT molecular complexity index is 337. The van der Waals surface area contributed by atoms with Gasteiger partial charge in [-0.2, -0.15) is 0 Å². The molecule has 2 N–H and O–H groups in total. The fraction of sp³-hybridized carbons (Fsp3) is 0.929. The number of hydrogen-bond acceptors (Lipinski definition) is 5. The molecule has 2 aliphatic rings. The van der Waals surface area contributed by atoms with Crippen LogP contribution in [0.15, 0.2) is 0 Å². The zero-order chi connectivity index (χ0) is 14.0. The van der Waals surface area contributed by atoms with Crippen LogP contribution in [-0.2, 0) is 9.53 Å². The van der Waals surface area contributed by atoms with Gasteiger partial charge < -0.3 is 15.4 Å². The molecule has 3 atom stereocenters. The summed E-state index contributed by atoms with van der Waals surface area (Å²) < 4.78 is 4.84. The molecule has 110 valence electrons. The van der Waals surface area contributed by atoms with E-state index in [9.17, 15) is 4.79 Å². The SMILES string of the molecule is CCC1CN(C2CCC(N)(C(=O)OC)C2)CCN1C. The van der Waals surface area contributed by atoms with Crippen molar-refractivity contribution in [2.24, 2.45) is 5.73 Å². The third-order valence-corrected chi connectivity index (χ3v) is 4.91. The monoisotopic (exact) mass is 269 g/mol. The van der Waals surface area contributed by atoms with E-state index in [2.05, 4.69) is 23.8 Å². The molecule has 5 heteroatoms. The van der Waals surface area contributed by atoms with Crippen molar-refractivity contribution in [1.29, 1.82) is 0 Å². The second-order valence-corrected chi connectivity index (χ2v) is 6.08. The molecule has 1 saturated carbocycles. The minimum absolute atomic E-state index is 0.254. The molecule has 1 aliphatic carbocycles. The molecular formula is C14H27N3O2. The summed E-state index contributed by atoms with van der Waals surface area (Å²) in [4.78, 5) is 16.7. The molecule has 0 aromatic heterocycles. The van der Waals surface area contributed by atoms with Crippen molar-refractivity contribution in [3.63, 3.8) is 0 Å². The van der Waals surface area contributed by atoms with E-state index in [1.54, 1.807) is 0 Å². The number of piperazine rings is 1. The van der Waals surface area contributed by atoms with Gasteiger partial charge in [-0.25, -0.2) is 0 Å². The third kappa shape index (κ3) is 2.93. The van der Waals surface area contributed by atoms with Crippen LogP contribution in [0.2, 0.25) is 0 Å². The van der Waals surface area contributed by atoms with Gasteiger partial charge in [-0.05, 0) is 32.7 Å². The van der Waals surface area contributed by atoms with Crippen molar-refractivity contribution in [1.82, 2.24) is 9.80 Å². The molecule has 0 amide bonds. The Morgan fingerprint density at radius 3 is 2.84 bits per heavy atom. The summed E-state index contributed by atoms with van der Waals surface area (Å²) in [7, 11) is 3.62. The minimum atomic E-state index is -0.759. The lowest BCUT2D eigenvalue weighted by atomic mass is 9.98. The lowest BCUT2D eigenvalue weighted by Crippen LogP contribution is -2.55. The quantitative estimate of drug-likeness (QED) is 0.753. The maximum atomic E-state index is 11.8. The number of hydrogen-bond donors (Lipinski definition) is 1. The highest BCUT2D eigenvalue weighted by molar-refractivity contribution is 5.81. The number of nitrogens with zero attached hydrogens (tertiary/aromatic N) is 2. The summed E-state index contributed by atoms with van der Waals surface area (Å²) >= 11 is 0.